The van der Waals surface area contributed by atoms with Gasteiger partial charge >= 0.3 is 5.97 Å². The fraction of sp³-hybridized carbons (Fsp3) is 0.667. The average molecular weight is 333 g/mol. The number of methoxy groups -OCH3 is 1. The Hall–Kier alpha value is -1.36. The van der Waals surface area contributed by atoms with Crippen molar-refractivity contribution in [1.82, 2.24) is 0 Å². The first-order valence-corrected chi connectivity index (χ1v) is 9.40. The van der Waals surface area contributed by atoms with Crippen LogP contribution in [0.25, 0.3) is 0 Å². The molecule has 5 heteroatoms. The normalized spacial score (nSPS) is 34.4. The van der Waals surface area contributed by atoms with E-state index in [1.54, 1.807) is 6.07 Å². The summed E-state index contributed by atoms with van der Waals surface area (Å²) in [5, 5.41) is 4.76. The Labute approximate surface area is 140 Å². The van der Waals surface area contributed by atoms with Gasteiger partial charge in [0.15, 0.2) is 0 Å². The minimum atomic E-state index is -0.384. The van der Waals surface area contributed by atoms with Crippen LogP contribution in [0.1, 0.15) is 54.6 Å². The fourth-order valence-electron chi connectivity index (χ4n) is 5.70. The molecule has 0 aromatic carbocycles. The molecule has 1 aromatic heterocycles. The molecule has 4 saturated carbocycles. The molecule has 4 bridgehead atoms. The predicted molar refractivity (Wildman–Crippen MR) is 89.5 cm³/mol. The lowest BCUT2D eigenvalue weighted by Crippen LogP contribution is -2.47. The summed E-state index contributed by atoms with van der Waals surface area (Å²) >= 11 is 1.30. The van der Waals surface area contributed by atoms with Gasteiger partial charge in [0.1, 0.15) is 4.88 Å². The Morgan fingerprint density at radius 2 is 1.83 bits per heavy atom. The number of anilines is 1. The molecule has 4 aliphatic carbocycles. The molecule has 0 saturated heterocycles. The number of carbonyl (C=O) groups excluding carboxylic acids is 2. The molecule has 1 N–H and O–H groups in total. The van der Waals surface area contributed by atoms with E-state index in [0.29, 0.717) is 17.0 Å². The van der Waals surface area contributed by atoms with Crippen molar-refractivity contribution in [1.29, 1.82) is 0 Å². The van der Waals surface area contributed by atoms with Crippen molar-refractivity contribution in [2.75, 3.05) is 12.4 Å². The number of hydrogen-bond acceptors (Lipinski definition) is 4. The first-order valence-electron chi connectivity index (χ1n) is 8.52. The van der Waals surface area contributed by atoms with Gasteiger partial charge in [-0.3, -0.25) is 4.79 Å². The highest BCUT2D eigenvalue weighted by molar-refractivity contribution is 7.12. The summed E-state index contributed by atoms with van der Waals surface area (Å²) in [6.07, 6.45) is 8.43. The zero-order chi connectivity index (χ0) is 16.0. The number of carbonyl (C=O) groups is 2. The van der Waals surface area contributed by atoms with E-state index in [4.69, 9.17) is 4.74 Å². The molecule has 4 nitrogen and oxygen atoms in total. The first kappa shape index (κ1) is 15.2. The van der Waals surface area contributed by atoms with E-state index in [1.165, 1.54) is 57.0 Å². The van der Waals surface area contributed by atoms with Gasteiger partial charge in [-0.15, -0.1) is 11.3 Å². The van der Waals surface area contributed by atoms with Gasteiger partial charge in [0.25, 0.3) is 0 Å². The maximum Gasteiger partial charge on any atom is 0.350 e. The van der Waals surface area contributed by atoms with Gasteiger partial charge < -0.3 is 10.1 Å². The first-order chi connectivity index (χ1) is 11.1. The Kier molecular flexibility index (Phi) is 3.71. The highest BCUT2D eigenvalue weighted by atomic mass is 32.1. The molecule has 0 radical (unpaired) electrons. The van der Waals surface area contributed by atoms with E-state index < -0.39 is 0 Å². The zero-order valence-corrected chi connectivity index (χ0v) is 14.3. The fourth-order valence-corrected chi connectivity index (χ4v) is 6.47. The Morgan fingerprint density at radius 1 is 1.22 bits per heavy atom. The van der Waals surface area contributed by atoms with Crippen LogP contribution < -0.4 is 5.32 Å². The molecule has 23 heavy (non-hydrogen) atoms. The molecular weight excluding hydrogens is 310 g/mol. The van der Waals surface area contributed by atoms with Crippen molar-refractivity contribution < 1.29 is 14.3 Å². The summed E-state index contributed by atoms with van der Waals surface area (Å²) in [4.78, 5) is 24.8. The lowest BCUT2D eigenvalue weighted by molar-refractivity contribution is -0.124. The van der Waals surface area contributed by atoms with Crippen LogP contribution in [0, 0.1) is 23.2 Å². The molecule has 0 spiro atoms. The van der Waals surface area contributed by atoms with Crippen LogP contribution in [0.5, 0.6) is 0 Å². The second kappa shape index (κ2) is 5.62. The molecule has 0 atom stereocenters. The molecule has 1 amide bonds. The predicted octanol–water partition coefficient (Wildman–Crippen LogP) is 4.08. The van der Waals surface area contributed by atoms with Crippen molar-refractivity contribution in [2.45, 2.75) is 44.9 Å². The van der Waals surface area contributed by atoms with E-state index >= 15 is 0 Å². The molecular formula is C18H23NO3S. The summed E-state index contributed by atoms with van der Waals surface area (Å²) in [7, 11) is 1.36. The minimum Gasteiger partial charge on any atom is -0.465 e. The summed E-state index contributed by atoms with van der Waals surface area (Å²) < 4.78 is 4.77. The van der Waals surface area contributed by atoms with Crippen LogP contribution >= 0.6 is 11.3 Å². The quantitative estimate of drug-likeness (QED) is 0.845. The largest absolute Gasteiger partial charge is 0.465 e. The lowest BCUT2D eigenvalue weighted by atomic mass is 9.49. The highest BCUT2D eigenvalue weighted by Gasteiger charge is 2.51. The van der Waals surface area contributed by atoms with Crippen LogP contribution in [0.3, 0.4) is 0 Å². The maximum absolute atomic E-state index is 12.6. The third-order valence-electron chi connectivity index (χ3n) is 6.01. The van der Waals surface area contributed by atoms with Crippen LogP contribution in [-0.4, -0.2) is 19.0 Å². The molecule has 1 heterocycles. The molecule has 1 aromatic rings. The summed E-state index contributed by atoms with van der Waals surface area (Å²) in [6.45, 7) is 0. The third-order valence-corrected chi connectivity index (χ3v) is 6.91. The van der Waals surface area contributed by atoms with Gasteiger partial charge in [0.05, 0.1) is 12.8 Å². The molecule has 0 aliphatic heterocycles. The molecule has 124 valence electrons. The number of nitrogens with one attached hydrogen (secondary N) is 1. The highest BCUT2D eigenvalue weighted by Crippen LogP contribution is 2.61. The van der Waals surface area contributed by atoms with Gasteiger partial charge in [0, 0.05) is 6.42 Å². The van der Waals surface area contributed by atoms with E-state index in [9.17, 15) is 9.59 Å². The molecule has 0 unspecified atom stereocenters. The molecule has 5 rings (SSSR count). The van der Waals surface area contributed by atoms with Gasteiger partial charge in [-0.1, -0.05) is 0 Å². The van der Waals surface area contributed by atoms with E-state index in [1.807, 2.05) is 5.38 Å². The van der Waals surface area contributed by atoms with Crippen molar-refractivity contribution in [2.24, 2.45) is 23.2 Å². The van der Waals surface area contributed by atoms with Gasteiger partial charge in [0.2, 0.25) is 5.91 Å². The van der Waals surface area contributed by atoms with Crippen molar-refractivity contribution in [3.8, 4) is 0 Å². The number of esters is 1. The van der Waals surface area contributed by atoms with Crippen molar-refractivity contribution in [3.05, 3.63) is 16.3 Å². The van der Waals surface area contributed by atoms with Gasteiger partial charge in [-0.25, -0.2) is 4.79 Å². The topological polar surface area (TPSA) is 55.4 Å². The standard InChI is InChI=1S/C18H23NO3S/c1-22-17(21)16-14(2-3-23-16)19-15(20)10-18-7-11-4-12(8-18)6-13(5-11)9-18/h2-3,11-13H,4-10H2,1H3,(H,19,20). The maximum atomic E-state index is 12.6. The second-order valence-corrected chi connectivity index (χ2v) is 8.71. The Balaban J connectivity index is 1.45. The summed E-state index contributed by atoms with van der Waals surface area (Å²) in [5.41, 5.74) is 0.817. The van der Waals surface area contributed by atoms with Gasteiger partial charge in [-0.05, 0) is 73.1 Å². The number of rotatable bonds is 4. The SMILES string of the molecule is COC(=O)c1sccc1NC(=O)CC12CC3CC(CC(C3)C1)C2. The van der Waals surface area contributed by atoms with Gasteiger partial charge in [-0.2, -0.15) is 0 Å². The Morgan fingerprint density at radius 3 is 2.39 bits per heavy atom. The Bertz CT molecular complexity index is 601. The lowest BCUT2D eigenvalue weighted by Gasteiger charge is -2.56. The number of amides is 1. The van der Waals surface area contributed by atoms with Crippen LogP contribution in [-0.2, 0) is 9.53 Å². The van der Waals surface area contributed by atoms with E-state index in [2.05, 4.69) is 5.32 Å². The average Bonchev–Trinajstić information content (AvgIpc) is 2.92. The monoisotopic (exact) mass is 333 g/mol. The molecule has 4 aliphatic rings. The van der Waals surface area contributed by atoms with Crippen molar-refractivity contribution in [3.63, 3.8) is 0 Å². The van der Waals surface area contributed by atoms with E-state index in [0.717, 1.165) is 17.8 Å². The second-order valence-electron chi connectivity index (χ2n) is 7.80. The number of thiophene rings is 1. The molecule has 4 fully saturated rings. The summed E-state index contributed by atoms with van der Waals surface area (Å²) in [6, 6.07) is 1.79. The van der Waals surface area contributed by atoms with E-state index in [-0.39, 0.29) is 17.3 Å². The minimum absolute atomic E-state index is 0.0514. The summed E-state index contributed by atoms with van der Waals surface area (Å²) in [5.74, 6) is 2.21. The van der Waals surface area contributed by atoms with Crippen LogP contribution in [0.2, 0.25) is 0 Å². The number of hydrogen-bond donors (Lipinski definition) is 1. The van der Waals surface area contributed by atoms with Crippen molar-refractivity contribution >= 4 is 28.9 Å². The third kappa shape index (κ3) is 2.80. The van der Waals surface area contributed by atoms with Crippen LogP contribution in [0.4, 0.5) is 5.69 Å². The smallest absolute Gasteiger partial charge is 0.350 e. The zero-order valence-electron chi connectivity index (χ0n) is 13.5. The number of ether oxygens (including phenoxy) is 1. The van der Waals surface area contributed by atoms with Crippen LogP contribution in [0.15, 0.2) is 11.4 Å².